The largest absolute Gasteiger partial charge is 0.274 e. The molecule has 3 nitrogen and oxygen atoms in total. The Balaban J connectivity index is 1.27. The molecule has 41 heavy (non-hydrogen) atoms. The van der Waals surface area contributed by atoms with Gasteiger partial charge in [-0.25, -0.2) is 0 Å². The second-order valence-electron chi connectivity index (χ2n) is 11.4. The molecule has 0 N–H and O–H groups in total. The Kier molecular flexibility index (Phi) is 6.09. The van der Waals surface area contributed by atoms with Crippen molar-refractivity contribution in [1.29, 1.82) is 0 Å². The van der Waals surface area contributed by atoms with Gasteiger partial charge in [0.1, 0.15) is 0 Å². The molecule has 0 saturated carbocycles. The number of carbonyl (C=O) groups excluding carboxylic acids is 2. The predicted molar refractivity (Wildman–Crippen MR) is 181 cm³/mol. The van der Waals surface area contributed by atoms with E-state index < -0.39 is 8.07 Å². The minimum absolute atomic E-state index is 0.0893. The van der Waals surface area contributed by atoms with E-state index in [-0.39, 0.29) is 11.8 Å². The van der Waals surface area contributed by atoms with E-state index >= 15 is 0 Å². The van der Waals surface area contributed by atoms with Crippen molar-refractivity contribution in [3.8, 4) is 29.3 Å². The molecule has 3 aliphatic rings. The lowest BCUT2D eigenvalue weighted by molar-refractivity contribution is 0.0624. The van der Waals surface area contributed by atoms with E-state index in [0.29, 0.717) is 23.6 Å². The van der Waals surface area contributed by atoms with Crippen molar-refractivity contribution in [3.05, 3.63) is 55.9 Å². The van der Waals surface area contributed by atoms with E-state index in [4.69, 9.17) is 0 Å². The van der Waals surface area contributed by atoms with Crippen LogP contribution in [0.1, 0.15) is 70.0 Å². The van der Waals surface area contributed by atoms with Gasteiger partial charge in [-0.3, -0.25) is 14.5 Å². The Morgan fingerprint density at radius 1 is 0.780 bits per heavy atom. The van der Waals surface area contributed by atoms with E-state index in [1.807, 2.05) is 52.3 Å². The zero-order valence-electron chi connectivity index (χ0n) is 23.4. The van der Waals surface area contributed by atoms with Crippen LogP contribution in [0, 0.1) is 19.8 Å². The maximum Gasteiger partial charge on any atom is 0.263 e. The molecule has 2 amide bonds. The monoisotopic (exact) mass is 647 g/mol. The Morgan fingerprint density at radius 2 is 1.44 bits per heavy atom. The van der Waals surface area contributed by atoms with E-state index in [9.17, 15) is 9.59 Å². The Bertz CT molecular complexity index is 1860. The Hall–Kier alpha value is -2.14. The minimum atomic E-state index is -2.36. The van der Waals surface area contributed by atoms with Gasteiger partial charge >= 0.3 is 0 Å². The van der Waals surface area contributed by atoms with Crippen LogP contribution in [0.5, 0.6) is 0 Å². The first kappa shape index (κ1) is 26.5. The number of unbranched alkanes of at least 4 members (excludes halogenated alkanes) is 1. The number of hydrogen-bond donors (Lipinski definition) is 0. The van der Waals surface area contributed by atoms with Gasteiger partial charge in [-0.05, 0) is 69.8 Å². The number of thiophene rings is 5. The van der Waals surface area contributed by atoms with Crippen molar-refractivity contribution < 1.29 is 9.59 Å². The first-order valence-electron chi connectivity index (χ1n) is 14.3. The van der Waals surface area contributed by atoms with Gasteiger partial charge < -0.3 is 0 Å². The number of aryl methyl sites for hydroxylation is 2. The number of carbonyl (C=O) groups is 2. The zero-order valence-corrected chi connectivity index (χ0v) is 28.5. The van der Waals surface area contributed by atoms with Crippen LogP contribution in [0.25, 0.3) is 29.3 Å². The van der Waals surface area contributed by atoms with Crippen LogP contribution in [-0.2, 0) is 0 Å². The summed E-state index contributed by atoms with van der Waals surface area (Å²) in [6.07, 6.45) is 4.31. The van der Waals surface area contributed by atoms with Crippen molar-refractivity contribution in [2.45, 2.75) is 53.4 Å². The summed E-state index contributed by atoms with van der Waals surface area (Å²) >= 11 is 9.14. The van der Waals surface area contributed by atoms with E-state index in [1.165, 1.54) is 39.9 Å². The number of imide groups is 1. The normalized spacial score (nSPS) is 16.4. The standard InChI is InChI=1S/C32H29NO2S5Si/c1-5-7-8-18(6-2)15-33-31(34)24-17(4)39-26(25(24)32(33)35)19-14-23-30(40-19)29-22(13-16(3)38-29)41(23)20-9-11-36-27(20)28-21(41)10-12-37-28/h9-14,18H,5-8,15H2,1-4H3. The van der Waals surface area contributed by atoms with Gasteiger partial charge in [-0.1, -0.05) is 45.2 Å². The van der Waals surface area contributed by atoms with Crippen molar-refractivity contribution in [1.82, 2.24) is 4.90 Å². The summed E-state index contributed by atoms with van der Waals surface area (Å²) < 4.78 is 0. The molecule has 8 rings (SSSR count). The van der Waals surface area contributed by atoms with Crippen LogP contribution in [0.3, 0.4) is 0 Å². The highest BCUT2D eigenvalue weighted by Crippen LogP contribution is 2.49. The van der Waals surface area contributed by atoms with Crippen LogP contribution >= 0.6 is 56.7 Å². The topological polar surface area (TPSA) is 37.4 Å². The third-order valence-corrected chi connectivity index (χ3v) is 20.4. The van der Waals surface area contributed by atoms with Gasteiger partial charge in [0.15, 0.2) is 8.07 Å². The van der Waals surface area contributed by atoms with Gasteiger partial charge in [0.2, 0.25) is 0 Å². The molecular weight excluding hydrogens is 619 g/mol. The maximum absolute atomic E-state index is 14.0. The molecule has 8 heterocycles. The van der Waals surface area contributed by atoms with Gasteiger partial charge in [-0.15, -0.1) is 56.7 Å². The second kappa shape index (κ2) is 9.43. The SMILES string of the molecule is CCCCC(CC)CN1C(=O)c2c(C)sc(-c3cc4c(s3)-c3sc(C)cc3[Si]43c4ccsc4-c4sccc43)c2C1=O. The molecule has 0 radical (unpaired) electrons. The maximum atomic E-state index is 14.0. The predicted octanol–water partition coefficient (Wildman–Crippen LogP) is 7.43. The number of nitrogens with zero attached hydrogens (tertiary/aromatic N) is 1. The molecule has 1 unspecified atom stereocenters. The highest BCUT2D eigenvalue weighted by Gasteiger charge is 2.57. The summed E-state index contributed by atoms with van der Waals surface area (Å²) in [5, 5.41) is 10.6. The fourth-order valence-corrected chi connectivity index (χ4v) is 20.8. The van der Waals surface area contributed by atoms with Gasteiger partial charge in [0.05, 0.1) is 16.0 Å². The van der Waals surface area contributed by atoms with Crippen molar-refractivity contribution >= 4 is 97.3 Å². The lowest BCUT2D eigenvalue weighted by Gasteiger charge is -2.24. The molecule has 0 aliphatic carbocycles. The molecule has 1 spiro atoms. The molecular formula is C32H29NO2S5Si. The first-order valence-corrected chi connectivity index (χ1v) is 20.5. The quantitative estimate of drug-likeness (QED) is 0.133. The van der Waals surface area contributed by atoms with Crippen molar-refractivity contribution in [2.24, 2.45) is 5.92 Å². The molecule has 1 atom stereocenters. The average molecular weight is 648 g/mol. The number of amides is 2. The summed E-state index contributed by atoms with van der Waals surface area (Å²) in [6, 6.07) is 9.66. The summed E-state index contributed by atoms with van der Waals surface area (Å²) in [7, 11) is -2.36. The molecule has 0 fully saturated rings. The van der Waals surface area contributed by atoms with Crippen LogP contribution in [-0.4, -0.2) is 31.3 Å². The van der Waals surface area contributed by atoms with Crippen LogP contribution in [0.15, 0.2) is 35.0 Å². The van der Waals surface area contributed by atoms with E-state index in [2.05, 4.69) is 55.8 Å². The summed E-state index contributed by atoms with van der Waals surface area (Å²) in [6.45, 7) is 9.15. The van der Waals surface area contributed by atoms with Crippen molar-refractivity contribution in [2.75, 3.05) is 6.54 Å². The van der Waals surface area contributed by atoms with E-state index in [0.717, 1.165) is 40.3 Å². The second-order valence-corrected chi connectivity index (χ2v) is 20.4. The summed E-state index contributed by atoms with van der Waals surface area (Å²) in [5.41, 5.74) is 1.30. The number of fused-ring (bicyclic) bond motifs is 11. The highest BCUT2D eigenvalue weighted by molar-refractivity contribution is 7.39. The lowest BCUT2D eigenvalue weighted by Crippen LogP contribution is -2.70. The average Bonchev–Trinajstić information content (AvgIpc) is 3.78. The van der Waals surface area contributed by atoms with E-state index in [1.54, 1.807) is 21.4 Å². The first-order chi connectivity index (χ1) is 19.9. The smallest absolute Gasteiger partial charge is 0.263 e. The number of rotatable bonds is 7. The van der Waals surface area contributed by atoms with Gasteiger partial charge in [-0.2, -0.15) is 0 Å². The van der Waals surface area contributed by atoms with Gasteiger partial charge in [0, 0.05) is 40.7 Å². The fourth-order valence-electron chi connectivity index (χ4n) is 7.23. The molecule has 3 aliphatic heterocycles. The molecule has 9 heteroatoms. The highest BCUT2D eigenvalue weighted by atomic mass is 32.1. The molecule has 5 aromatic heterocycles. The number of hydrogen-bond acceptors (Lipinski definition) is 7. The van der Waals surface area contributed by atoms with Crippen LogP contribution in [0.4, 0.5) is 0 Å². The summed E-state index contributed by atoms with van der Waals surface area (Å²) in [5.74, 6) is 0.180. The fraction of sp³-hybridized carbons (Fsp3) is 0.312. The lowest BCUT2D eigenvalue weighted by atomic mass is 9.99. The Labute approximate surface area is 261 Å². The zero-order chi connectivity index (χ0) is 28.2. The molecule has 0 saturated heterocycles. The van der Waals surface area contributed by atoms with Crippen LogP contribution in [0.2, 0.25) is 0 Å². The third kappa shape index (κ3) is 3.39. The van der Waals surface area contributed by atoms with Gasteiger partial charge in [0.25, 0.3) is 11.8 Å². The molecule has 0 aromatic carbocycles. The van der Waals surface area contributed by atoms with Crippen molar-refractivity contribution in [3.63, 3.8) is 0 Å². The molecule has 208 valence electrons. The minimum Gasteiger partial charge on any atom is -0.274 e. The molecule has 5 aromatic rings. The molecule has 0 bridgehead atoms. The third-order valence-electron chi connectivity index (χ3n) is 9.16. The Morgan fingerprint density at radius 3 is 2.12 bits per heavy atom. The summed E-state index contributed by atoms with van der Waals surface area (Å²) in [4.78, 5) is 39.3. The van der Waals surface area contributed by atoms with Crippen LogP contribution < -0.4 is 20.7 Å².